The number of rotatable bonds is 15. The van der Waals surface area contributed by atoms with Crippen LogP contribution in [0.5, 0.6) is 0 Å². The smallest absolute Gasteiger partial charge is 0.143 e. The van der Waals surface area contributed by atoms with Crippen LogP contribution >= 0.6 is 0 Å². The van der Waals surface area contributed by atoms with E-state index in [1.165, 1.54) is 104 Å². The molecular formula is C126H82N6O2. The van der Waals surface area contributed by atoms with Crippen LogP contribution in [0.3, 0.4) is 0 Å². The Kier molecular flexibility index (Phi) is 18.5. The Morgan fingerprint density at radius 2 is 0.388 bits per heavy atom. The quantitative estimate of drug-likeness (QED) is 0.103. The maximum atomic E-state index is 6.47. The van der Waals surface area contributed by atoms with Crippen molar-refractivity contribution in [3.05, 3.63) is 497 Å². The van der Waals surface area contributed by atoms with Gasteiger partial charge in [0.2, 0.25) is 0 Å². The van der Waals surface area contributed by atoms with Crippen molar-refractivity contribution in [1.29, 1.82) is 0 Å². The lowest BCUT2D eigenvalue weighted by atomic mass is 10.0. The first-order valence-corrected chi connectivity index (χ1v) is 45.7. The molecule has 0 radical (unpaired) electrons. The number of anilines is 6. The Balaban J connectivity index is 0.000000140. The monoisotopic (exact) mass is 1710 g/mol. The predicted molar refractivity (Wildman–Crippen MR) is 561 cm³/mol. The van der Waals surface area contributed by atoms with Crippen LogP contribution in [0.2, 0.25) is 0 Å². The summed E-state index contributed by atoms with van der Waals surface area (Å²) >= 11 is 0. The van der Waals surface area contributed by atoms with Crippen LogP contribution < -0.4 is 9.80 Å². The van der Waals surface area contributed by atoms with E-state index in [1.807, 2.05) is 24.3 Å². The largest absolute Gasteiger partial charge is 0.455 e. The van der Waals surface area contributed by atoms with Crippen LogP contribution in [0.15, 0.2) is 506 Å². The summed E-state index contributed by atoms with van der Waals surface area (Å²) in [5.41, 5.74) is 35.6. The lowest BCUT2D eigenvalue weighted by molar-refractivity contribution is 0.669. The highest BCUT2D eigenvalue weighted by atomic mass is 16.3. The highest BCUT2D eigenvalue weighted by Gasteiger charge is 2.25. The summed E-state index contributed by atoms with van der Waals surface area (Å²) in [5.74, 6) is 0. The Bertz CT molecular complexity index is 9010. The summed E-state index contributed by atoms with van der Waals surface area (Å²) in [5, 5.41) is 14.4. The van der Waals surface area contributed by atoms with Gasteiger partial charge in [0.1, 0.15) is 22.3 Å². The summed E-state index contributed by atoms with van der Waals surface area (Å²) < 4.78 is 22.4. The standard InChI is InChI=1S/C66H43N3O.C60H39N3O/c1-3-14-49(15-4-1)68-61-23-10-7-18-55(61)59-42-47(32-40-63(59)68)44-26-34-51(35-27-44)67(53-38-30-46(31-39-53)54-21-13-22-58-57-20-9-12-25-65(57)70-66(54)58)52-36-28-45(29-37-52)48-33-41-64-60(43-48)56-19-8-11-24-62(56)69(64)50-16-5-2-6-17-50;1-3-14-43(15-4-1)62-56-24-11-8-19-50(56)54-39-47(35-37-57(54)62)61(46-33-28-41(29-34-46)48-21-13-22-53-52-20-9-12-25-59(52)64-60(48)53)45-31-26-40(27-32-45)42-30-36-51-49-18-7-10-23-55(49)63(58(51)38-42)44-16-5-2-6-17-44/h1-43H;1-39H. The van der Waals surface area contributed by atoms with E-state index in [-0.39, 0.29) is 0 Å². The number of benzene rings is 21. The minimum absolute atomic E-state index is 0.900. The molecular weight excluding hydrogens is 1630 g/mol. The van der Waals surface area contributed by atoms with Crippen molar-refractivity contribution in [3.63, 3.8) is 0 Å². The Hall–Kier alpha value is -18.0. The molecule has 0 saturated carbocycles. The van der Waals surface area contributed by atoms with Gasteiger partial charge in [-0.3, -0.25) is 0 Å². The summed E-state index contributed by atoms with van der Waals surface area (Å²) in [6.45, 7) is 0. The lowest BCUT2D eigenvalue weighted by Crippen LogP contribution is -2.10. The van der Waals surface area contributed by atoms with E-state index in [0.29, 0.717) is 0 Å². The molecule has 27 aromatic rings. The van der Waals surface area contributed by atoms with E-state index in [0.717, 1.165) is 140 Å². The zero-order chi connectivity index (χ0) is 88.3. The molecule has 6 heterocycles. The molecule has 8 nitrogen and oxygen atoms in total. The molecule has 0 N–H and O–H groups in total. The van der Waals surface area contributed by atoms with Crippen molar-refractivity contribution in [1.82, 2.24) is 18.3 Å². The number of aromatic nitrogens is 4. The molecule has 0 unspecified atom stereocenters. The third kappa shape index (κ3) is 13.1. The molecule has 0 amide bonds. The Labute approximate surface area is 772 Å². The first-order valence-electron chi connectivity index (χ1n) is 45.7. The van der Waals surface area contributed by atoms with E-state index in [1.54, 1.807) is 0 Å². The average Bonchev–Trinajstić information content (AvgIpc) is 1.59. The molecule has 27 rings (SSSR count). The summed E-state index contributed by atoms with van der Waals surface area (Å²) in [7, 11) is 0. The molecule has 0 spiro atoms. The van der Waals surface area contributed by atoms with E-state index in [4.69, 9.17) is 8.83 Å². The fourth-order valence-electron chi connectivity index (χ4n) is 20.8. The van der Waals surface area contributed by atoms with Gasteiger partial charge in [-0.15, -0.1) is 0 Å². The second-order valence-corrected chi connectivity index (χ2v) is 34.6. The fraction of sp³-hybridized carbons (Fsp3) is 0. The summed E-state index contributed by atoms with van der Waals surface area (Å²) in [6.07, 6.45) is 0. The third-order valence-electron chi connectivity index (χ3n) is 27.0. The Morgan fingerprint density at radius 1 is 0.142 bits per heavy atom. The normalized spacial score (nSPS) is 11.7. The average molecular weight is 1710 g/mol. The van der Waals surface area contributed by atoms with Crippen molar-refractivity contribution in [2.24, 2.45) is 0 Å². The number of nitrogens with zero attached hydrogens (tertiary/aromatic N) is 6. The Morgan fingerprint density at radius 3 is 0.761 bits per heavy atom. The minimum Gasteiger partial charge on any atom is -0.455 e. The number of hydrogen-bond acceptors (Lipinski definition) is 4. The van der Waals surface area contributed by atoms with Crippen LogP contribution in [-0.4, -0.2) is 18.3 Å². The van der Waals surface area contributed by atoms with Gasteiger partial charge in [0.15, 0.2) is 0 Å². The van der Waals surface area contributed by atoms with Crippen LogP contribution in [0.1, 0.15) is 0 Å². The van der Waals surface area contributed by atoms with Gasteiger partial charge in [0.25, 0.3) is 0 Å². The molecule has 0 aliphatic rings. The van der Waals surface area contributed by atoms with Crippen LogP contribution in [0.25, 0.3) is 209 Å². The fourth-order valence-corrected chi connectivity index (χ4v) is 20.8. The van der Waals surface area contributed by atoms with Crippen LogP contribution in [0, 0.1) is 0 Å². The maximum Gasteiger partial charge on any atom is 0.143 e. The van der Waals surface area contributed by atoms with E-state index in [2.05, 4.69) is 501 Å². The number of hydrogen-bond donors (Lipinski definition) is 0. The minimum atomic E-state index is 0.900. The number of para-hydroxylation sites is 12. The molecule has 0 aliphatic carbocycles. The second kappa shape index (κ2) is 32.0. The van der Waals surface area contributed by atoms with Gasteiger partial charge in [0.05, 0.1) is 44.1 Å². The van der Waals surface area contributed by atoms with Gasteiger partial charge in [0, 0.05) is 133 Å². The highest BCUT2D eigenvalue weighted by molar-refractivity contribution is 6.16. The molecule has 8 heteroatoms. The van der Waals surface area contributed by atoms with Gasteiger partial charge in [-0.2, -0.15) is 0 Å². The first-order chi connectivity index (χ1) is 66.5. The topological polar surface area (TPSA) is 52.5 Å². The number of fused-ring (bicyclic) bond motifs is 18. The molecule has 628 valence electrons. The second-order valence-electron chi connectivity index (χ2n) is 34.6. The van der Waals surface area contributed by atoms with Crippen molar-refractivity contribution >= 4 is 165 Å². The molecule has 0 fully saturated rings. The summed E-state index contributed by atoms with van der Waals surface area (Å²) in [4.78, 5) is 4.73. The van der Waals surface area contributed by atoms with Gasteiger partial charge >= 0.3 is 0 Å². The van der Waals surface area contributed by atoms with Gasteiger partial charge in [-0.25, -0.2) is 0 Å². The molecule has 0 bridgehead atoms. The number of furan rings is 2. The van der Waals surface area contributed by atoms with Gasteiger partial charge < -0.3 is 36.9 Å². The highest BCUT2D eigenvalue weighted by Crippen LogP contribution is 2.48. The van der Waals surface area contributed by atoms with Gasteiger partial charge in [-0.05, 0) is 239 Å². The zero-order valence-electron chi connectivity index (χ0n) is 72.8. The molecule has 0 aliphatic heterocycles. The predicted octanol–water partition coefficient (Wildman–Crippen LogP) is 34.8. The van der Waals surface area contributed by atoms with Crippen LogP contribution in [-0.2, 0) is 0 Å². The molecule has 134 heavy (non-hydrogen) atoms. The van der Waals surface area contributed by atoms with E-state index < -0.39 is 0 Å². The van der Waals surface area contributed by atoms with Gasteiger partial charge in [-0.1, -0.05) is 303 Å². The van der Waals surface area contributed by atoms with Crippen LogP contribution in [0.4, 0.5) is 34.1 Å². The van der Waals surface area contributed by atoms with Crippen molar-refractivity contribution < 1.29 is 8.83 Å². The van der Waals surface area contributed by atoms with Crippen molar-refractivity contribution in [3.8, 4) is 78.4 Å². The SMILES string of the molecule is c1ccc(-n2c3ccccc3c3cc(-c4ccc(N(c5ccc(-c6ccc7c(c6)c6ccccc6n7-c6ccccc6)cc5)c5ccc(-c6cccc7c6oc6ccccc67)cc5)cc4)ccc32)cc1.c1ccc(-n2c3ccccc3c3cc(N(c4ccc(-c5ccc6c7ccccc7n(-c7ccccc7)c6c5)cc4)c4ccc(-c5cccc6c5oc5ccccc56)cc4)ccc32)cc1. The summed E-state index contributed by atoms with van der Waals surface area (Å²) in [6, 6.07) is 179. The lowest BCUT2D eigenvalue weighted by Gasteiger charge is -2.26. The molecule has 6 aromatic heterocycles. The van der Waals surface area contributed by atoms with Crippen molar-refractivity contribution in [2.45, 2.75) is 0 Å². The third-order valence-corrected chi connectivity index (χ3v) is 27.0. The van der Waals surface area contributed by atoms with Crippen molar-refractivity contribution in [2.75, 3.05) is 9.80 Å². The van der Waals surface area contributed by atoms with E-state index in [9.17, 15) is 0 Å². The molecule has 0 atom stereocenters. The zero-order valence-corrected chi connectivity index (χ0v) is 72.8. The molecule has 21 aromatic carbocycles. The first kappa shape index (κ1) is 77.2. The maximum absolute atomic E-state index is 6.47. The van der Waals surface area contributed by atoms with E-state index >= 15 is 0 Å². The molecule has 0 saturated heterocycles.